The second-order valence-corrected chi connectivity index (χ2v) is 7.83. The quantitative estimate of drug-likeness (QED) is 0.875. The number of carboxylic acid groups (broad SMARTS) is 1. The molecule has 0 spiro atoms. The minimum Gasteiger partial charge on any atom is -0.481 e. The molecule has 4 rings (SSSR count). The van der Waals surface area contributed by atoms with Crippen molar-refractivity contribution in [3.63, 3.8) is 0 Å². The SMILES string of the molecule is CCc1ccc(CN2C[C@@H]3CN(C(=O)C4CC4)C[C@]3(C(=O)O)C2)nc1. The first kappa shape index (κ1) is 16.5. The van der Waals surface area contributed by atoms with Crippen molar-refractivity contribution in [1.82, 2.24) is 14.8 Å². The highest BCUT2D eigenvalue weighted by molar-refractivity contribution is 5.84. The number of aliphatic carboxylic acids is 1. The van der Waals surface area contributed by atoms with E-state index in [9.17, 15) is 14.7 Å². The van der Waals surface area contributed by atoms with E-state index in [2.05, 4.69) is 22.9 Å². The predicted octanol–water partition coefficient (Wildman–Crippen LogP) is 1.40. The fraction of sp³-hybridized carbons (Fsp3) is 0.632. The zero-order chi connectivity index (χ0) is 17.6. The molecular weight excluding hydrogens is 318 g/mol. The minimum absolute atomic E-state index is 0.0163. The lowest BCUT2D eigenvalue weighted by atomic mass is 9.81. The van der Waals surface area contributed by atoms with E-state index >= 15 is 0 Å². The molecule has 1 aliphatic carbocycles. The van der Waals surface area contributed by atoms with Gasteiger partial charge in [-0.05, 0) is 30.9 Å². The number of carboxylic acids is 1. The van der Waals surface area contributed by atoms with Crippen LogP contribution in [0.25, 0.3) is 0 Å². The number of nitrogens with zero attached hydrogens (tertiary/aromatic N) is 3. The van der Waals surface area contributed by atoms with E-state index in [0.29, 0.717) is 26.2 Å². The molecule has 1 aromatic heterocycles. The number of aromatic nitrogens is 1. The number of carbonyl (C=O) groups excluding carboxylic acids is 1. The number of likely N-dealkylation sites (tertiary alicyclic amines) is 2. The van der Waals surface area contributed by atoms with E-state index in [0.717, 1.165) is 31.5 Å². The third-order valence-corrected chi connectivity index (χ3v) is 6.02. The van der Waals surface area contributed by atoms with Gasteiger partial charge in [-0.3, -0.25) is 19.5 Å². The Kier molecular flexibility index (Phi) is 4.02. The lowest BCUT2D eigenvalue weighted by Gasteiger charge is -2.25. The van der Waals surface area contributed by atoms with Crippen molar-refractivity contribution >= 4 is 11.9 Å². The van der Waals surface area contributed by atoms with Crippen LogP contribution in [0.3, 0.4) is 0 Å². The van der Waals surface area contributed by atoms with Gasteiger partial charge in [0, 0.05) is 50.8 Å². The second kappa shape index (κ2) is 6.09. The van der Waals surface area contributed by atoms with Gasteiger partial charge in [0.1, 0.15) is 5.41 Å². The normalized spacial score (nSPS) is 29.0. The summed E-state index contributed by atoms with van der Waals surface area (Å²) in [5, 5.41) is 9.90. The maximum atomic E-state index is 12.3. The number of carbonyl (C=O) groups is 2. The third kappa shape index (κ3) is 2.92. The molecule has 134 valence electrons. The number of rotatable bonds is 5. The van der Waals surface area contributed by atoms with Gasteiger partial charge >= 0.3 is 5.97 Å². The molecule has 3 fully saturated rings. The van der Waals surface area contributed by atoms with Gasteiger partial charge in [0.2, 0.25) is 5.91 Å². The molecule has 2 saturated heterocycles. The van der Waals surface area contributed by atoms with Crippen LogP contribution in [0.1, 0.15) is 31.0 Å². The van der Waals surface area contributed by atoms with Crippen molar-refractivity contribution in [2.45, 2.75) is 32.7 Å². The van der Waals surface area contributed by atoms with Gasteiger partial charge in [-0.15, -0.1) is 0 Å². The Hall–Kier alpha value is -1.95. The summed E-state index contributed by atoms with van der Waals surface area (Å²) in [7, 11) is 0. The molecule has 2 aliphatic heterocycles. The fourth-order valence-corrected chi connectivity index (χ4v) is 4.34. The largest absolute Gasteiger partial charge is 0.481 e. The van der Waals surface area contributed by atoms with E-state index in [1.54, 1.807) is 0 Å². The summed E-state index contributed by atoms with van der Waals surface area (Å²) in [5.41, 5.74) is 1.37. The monoisotopic (exact) mass is 343 g/mol. The van der Waals surface area contributed by atoms with Gasteiger partial charge < -0.3 is 10.0 Å². The number of hydrogen-bond donors (Lipinski definition) is 1. The average Bonchev–Trinajstić information content (AvgIpc) is 3.29. The van der Waals surface area contributed by atoms with E-state index in [1.165, 1.54) is 5.56 Å². The first-order valence-corrected chi connectivity index (χ1v) is 9.20. The molecular formula is C19H25N3O3. The molecule has 6 heteroatoms. The summed E-state index contributed by atoms with van der Waals surface area (Å²) in [4.78, 5) is 32.9. The summed E-state index contributed by atoms with van der Waals surface area (Å²) >= 11 is 0. The van der Waals surface area contributed by atoms with Crippen LogP contribution in [0.15, 0.2) is 18.3 Å². The lowest BCUT2D eigenvalue weighted by molar-refractivity contribution is -0.149. The van der Waals surface area contributed by atoms with Crippen LogP contribution in [0.4, 0.5) is 0 Å². The molecule has 1 amide bonds. The minimum atomic E-state index is -0.812. The molecule has 3 heterocycles. The van der Waals surface area contributed by atoms with Crippen molar-refractivity contribution < 1.29 is 14.7 Å². The fourth-order valence-electron chi connectivity index (χ4n) is 4.34. The summed E-state index contributed by atoms with van der Waals surface area (Å²) in [6, 6.07) is 4.12. The topological polar surface area (TPSA) is 73.7 Å². The van der Waals surface area contributed by atoms with E-state index in [-0.39, 0.29) is 17.7 Å². The number of amides is 1. The molecule has 0 bridgehead atoms. The zero-order valence-electron chi connectivity index (χ0n) is 14.6. The molecule has 3 aliphatic rings. The zero-order valence-corrected chi connectivity index (χ0v) is 14.6. The van der Waals surface area contributed by atoms with Crippen LogP contribution in [0.2, 0.25) is 0 Å². The van der Waals surface area contributed by atoms with E-state index in [4.69, 9.17) is 0 Å². The van der Waals surface area contributed by atoms with Gasteiger partial charge in [0.25, 0.3) is 0 Å². The van der Waals surface area contributed by atoms with Gasteiger partial charge in [-0.25, -0.2) is 0 Å². The summed E-state index contributed by atoms with van der Waals surface area (Å²) in [6.07, 6.45) is 4.79. The van der Waals surface area contributed by atoms with Crippen LogP contribution >= 0.6 is 0 Å². The van der Waals surface area contributed by atoms with Crippen molar-refractivity contribution in [1.29, 1.82) is 0 Å². The number of aryl methyl sites for hydroxylation is 1. The van der Waals surface area contributed by atoms with Crippen LogP contribution < -0.4 is 0 Å². The van der Waals surface area contributed by atoms with Gasteiger partial charge in [0.05, 0.1) is 5.69 Å². The number of hydrogen-bond acceptors (Lipinski definition) is 4. The van der Waals surface area contributed by atoms with Crippen molar-refractivity contribution in [3.05, 3.63) is 29.6 Å². The summed E-state index contributed by atoms with van der Waals surface area (Å²) in [5.74, 6) is -0.427. The van der Waals surface area contributed by atoms with Crippen molar-refractivity contribution in [2.24, 2.45) is 17.3 Å². The molecule has 1 saturated carbocycles. The lowest BCUT2D eigenvalue weighted by Crippen LogP contribution is -2.42. The summed E-state index contributed by atoms with van der Waals surface area (Å²) < 4.78 is 0. The van der Waals surface area contributed by atoms with Crippen LogP contribution in [0, 0.1) is 17.3 Å². The van der Waals surface area contributed by atoms with Crippen molar-refractivity contribution in [2.75, 3.05) is 26.2 Å². The first-order valence-electron chi connectivity index (χ1n) is 9.20. The average molecular weight is 343 g/mol. The van der Waals surface area contributed by atoms with Crippen molar-refractivity contribution in [3.8, 4) is 0 Å². The molecule has 2 atom stereocenters. The van der Waals surface area contributed by atoms with Gasteiger partial charge in [0.15, 0.2) is 0 Å². The maximum Gasteiger partial charge on any atom is 0.313 e. The predicted molar refractivity (Wildman–Crippen MR) is 91.8 cm³/mol. The van der Waals surface area contributed by atoms with E-state index < -0.39 is 11.4 Å². The Morgan fingerprint density at radius 3 is 2.64 bits per heavy atom. The Labute approximate surface area is 147 Å². The Balaban J connectivity index is 1.45. The maximum absolute atomic E-state index is 12.3. The Bertz CT molecular complexity index is 686. The van der Waals surface area contributed by atoms with Gasteiger partial charge in [-0.1, -0.05) is 13.0 Å². The highest BCUT2D eigenvalue weighted by Crippen LogP contribution is 2.45. The molecule has 6 nitrogen and oxygen atoms in total. The first-order chi connectivity index (χ1) is 12.0. The third-order valence-electron chi connectivity index (χ3n) is 6.02. The standard InChI is InChI=1S/C19H25N3O3/c1-2-13-3-6-16(20-7-13)10-21-8-15-9-22(17(23)14-4-5-14)12-19(15,11-21)18(24)25/h3,6-7,14-15H,2,4-5,8-12H2,1H3,(H,24,25)/t15-,19-/m1/s1. The molecule has 25 heavy (non-hydrogen) atoms. The van der Waals surface area contributed by atoms with Crippen LogP contribution in [0.5, 0.6) is 0 Å². The highest BCUT2D eigenvalue weighted by atomic mass is 16.4. The highest BCUT2D eigenvalue weighted by Gasteiger charge is 2.59. The molecule has 0 aromatic carbocycles. The molecule has 1 N–H and O–H groups in total. The second-order valence-electron chi connectivity index (χ2n) is 7.83. The number of pyridine rings is 1. The molecule has 1 aromatic rings. The van der Waals surface area contributed by atoms with Crippen LogP contribution in [-0.2, 0) is 22.6 Å². The smallest absolute Gasteiger partial charge is 0.313 e. The number of fused-ring (bicyclic) bond motifs is 1. The van der Waals surface area contributed by atoms with E-state index in [1.807, 2.05) is 17.2 Å². The summed E-state index contributed by atoms with van der Waals surface area (Å²) in [6.45, 7) is 4.94. The Morgan fingerprint density at radius 1 is 1.28 bits per heavy atom. The Morgan fingerprint density at radius 2 is 2.08 bits per heavy atom. The van der Waals surface area contributed by atoms with Gasteiger partial charge in [-0.2, -0.15) is 0 Å². The van der Waals surface area contributed by atoms with Crippen LogP contribution in [-0.4, -0.2) is 57.9 Å². The molecule has 0 unspecified atom stereocenters. The molecule has 0 radical (unpaired) electrons.